The molecule has 1 N–H and O–H groups in total. The number of furan rings is 1. The first-order valence-corrected chi connectivity index (χ1v) is 10.8. The Morgan fingerprint density at radius 1 is 1.12 bits per heavy atom. The van der Waals surface area contributed by atoms with Gasteiger partial charge < -0.3 is 24.1 Å². The van der Waals surface area contributed by atoms with E-state index >= 15 is 0 Å². The third-order valence-electron chi connectivity index (χ3n) is 6.13. The minimum Gasteiger partial charge on any atom is -0.507 e. The summed E-state index contributed by atoms with van der Waals surface area (Å²) in [6, 6.07) is 15.7. The van der Waals surface area contributed by atoms with Crippen molar-refractivity contribution in [3.63, 3.8) is 0 Å². The Hall–Kier alpha value is -4.00. The molecule has 0 saturated carbocycles. The highest BCUT2D eigenvalue weighted by Crippen LogP contribution is 2.41. The van der Waals surface area contributed by atoms with Gasteiger partial charge >= 0.3 is 0 Å². The lowest BCUT2D eigenvalue weighted by Gasteiger charge is -2.25. The van der Waals surface area contributed by atoms with E-state index < -0.39 is 17.7 Å². The Balaban J connectivity index is 1.63. The van der Waals surface area contributed by atoms with E-state index in [4.69, 9.17) is 9.15 Å². The van der Waals surface area contributed by atoms with Crippen molar-refractivity contribution >= 4 is 23.1 Å². The molecule has 2 aliphatic rings. The Bertz CT molecular complexity index is 1240. The number of benzene rings is 2. The Labute approximate surface area is 191 Å². The molecule has 7 nitrogen and oxygen atoms in total. The molecule has 1 aromatic heterocycles. The summed E-state index contributed by atoms with van der Waals surface area (Å²) < 4.78 is 11.0. The SMILES string of the molecule is CN(C)c1ccc(C2/C(=C(/O)c3ccc4c(c3)CCO4)C(=O)C(=O)N2Cc2ccco2)cc1. The molecule has 1 amide bonds. The van der Waals surface area contributed by atoms with Crippen LogP contribution in [-0.4, -0.2) is 42.4 Å². The van der Waals surface area contributed by atoms with Crippen molar-refractivity contribution < 1.29 is 23.8 Å². The number of likely N-dealkylation sites (tertiary alicyclic amines) is 1. The Morgan fingerprint density at radius 2 is 1.91 bits per heavy atom. The normalized spacial score (nSPS) is 19.0. The molecule has 7 heteroatoms. The van der Waals surface area contributed by atoms with Crippen molar-refractivity contribution in [2.24, 2.45) is 0 Å². The summed E-state index contributed by atoms with van der Waals surface area (Å²) in [5.74, 6) is -0.231. The van der Waals surface area contributed by atoms with Gasteiger partial charge in [0.25, 0.3) is 11.7 Å². The number of fused-ring (bicyclic) bond motifs is 1. The lowest BCUT2D eigenvalue weighted by atomic mass is 9.94. The van der Waals surface area contributed by atoms with Crippen molar-refractivity contribution in [1.82, 2.24) is 4.90 Å². The van der Waals surface area contributed by atoms with Gasteiger partial charge in [0.2, 0.25) is 0 Å². The van der Waals surface area contributed by atoms with Crippen LogP contribution in [0.25, 0.3) is 5.76 Å². The van der Waals surface area contributed by atoms with E-state index in [-0.39, 0.29) is 17.9 Å². The minimum atomic E-state index is -0.740. The van der Waals surface area contributed by atoms with Crippen LogP contribution in [0.1, 0.15) is 28.5 Å². The number of Topliss-reactive ketones (excluding diaryl/α,β-unsaturated/α-hetero) is 1. The molecular weight excluding hydrogens is 420 g/mol. The molecule has 168 valence electrons. The number of carbonyl (C=O) groups excluding carboxylic acids is 2. The molecule has 1 atom stereocenters. The van der Waals surface area contributed by atoms with Crippen molar-refractivity contribution in [2.75, 3.05) is 25.6 Å². The van der Waals surface area contributed by atoms with E-state index in [1.807, 2.05) is 49.3 Å². The standard InChI is InChI=1S/C26H24N2O5/c1-27(2)19-8-5-16(6-9-19)23-22(24(29)18-7-10-21-17(14-18)11-13-33-21)25(30)26(31)28(23)15-20-4-3-12-32-20/h3-10,12,14,23,29H,11,13,15H2,1-2H3/b24-22-. The third-order valence-corrected chi connectivity index (χ3v) is 6.13. The van der Waals surface area contributed by atoms with Gasteiger partial charge in [0.05, 0.1) is 31.0 Å². The summed E-state index contributed by atoms with van der Waals surface area (Å²) in [5.41, 5.74) is 3.25. The van der Waals surface area contributed by atoms with Crippen molar-refractivity contribution in [1.29, 1.82) is 0 Å². The Kier molecular flexibility index (Phi) is 5.17. The fourth-order valence-corrected chi connectivity index (χ4v) is 4.40. The number of hydrogen-bond acceptors (Lipinski definition) is 6. The second kappa shape index (κ2) is 8.16. The quantitative estimate of drug-likeness (QED) is 0.365. The van der Waals surface area contributed by atoms with Gasteiger partial charge in [-0.3, -0.25) is 9.59 Å². The van der Waals surface area contributed by atoms with Crippen LogP contribution in [0, 0.1) is 0 Å². The van der Waals surface area contributed by atoms with E-state index in [0.29, 0.717) is 17.9 Å². The zero-order chi connectivity index (χ0) is 23.1. The molecular formula is C26H24N2O5. The maximum atomic E-state index is 13.2. The monoisotopic (exact) mass is 444 g/mol. The number of aliphatic hydroxyl groups excluding tert-OH is 1. The number of ketones is 1. The molecule has 1 unspecified atom stereocenters. The molecule has 3 heterocycles. The van der Waals surface area contributed by atoms with Gasteiger partial charge in [-0.1, -0.05) is 12.1 Å². The molecule has 5 rings (SSSR count). The van der Waals surface area contributed by atoms with Gasteiger partial charge in [-0.05, 0) is 53.6 Å². The average molecular weight is 444 g/mol. The van der Waals surface area contributed by atoms with Crippen LogP contribution in [-0.2, 0) is 22.6 Å². The number of anilines is 1. The molecule has 1 fully saturated rings. The second-order valence-corrected chi connectivity index (χ2v) is 8.41. The largest absolute Gasteiger partial charge is 0.507 e. The molecule has 0 aliphatic carbocycles. The zero-order valence-electron chi connectivity index (χ0n) is 18.4. The molecule has 0 radical (unpaired) electrons. The number of aliphatic hydroxyl groups is 1. The minimum absolute atomic E-state index is 0.0722. The van der Waals surface area contributed by atoms with Crippen LogP contribution >= 0.6 is 0 Å². The molecule has 0 bridgehead atoms. The lowest BCUT2D eigenvalue weighted by molar-refractivity contribution is -0.140. The number of amides is 1. The van der Waals surface area contributed by atoms with Crippen molar-refractivity contribution in [3.8, 4) is 5.75 Å². The Morgan fingerprint density at radius 3 is 2.61 bits per heavy atom. The fraction of sp³-hybridized carbons (Fsp3) is 0.231. The van der Waals surface area contributed by atoms with Gasteiger partial charge in [-0.15, -0.1) is 0 Å². The summed E-state index contributed by atoms with van der Waals surface area (Å²) in [5, 5.41) is 11.3. The van der Waals surface area contributed by atoms with Crippen LogP contribution in [0.5, 0.6) is 5.75 Å². The van der Waals surface area contributed by atoms with Crippen LogP contribution in [0.2, 0.25) is 0 Å². The fourth-order valence-electron chi connectivity index (χ4n) is 4.40. The molecule has 3 aromatic rings. The number of rotatable bonds is 5. The first-order valence-electron chi connectivity index (χ1n) is 10.8. The van der Waals surface area contributed by atoms with E-state index in [0.717, 1.165) is 29.0 Å². The molecule has 33 heavy (non-hydrogen) atoms. The van der Waals surface area contributed by atoms with Crippen LogP contribution in [0.3, 0.4) is 0 Å². The third kappa shape index (κ3) is 3.65. The smallest absolute Gasteiger partial charge is 0.296 e. The van der Waals surface area contributed by atoms with Gasteiger partial charge in [-0.25, -0.2) is 0 Å². The highest BCUT2D eigenvalue weighted by molar-refractivity contribution is 6.46. The maximum Gasteiger partial charge on any atom is 0.296 e. The van der Waals surface area contributed by atoms with Gasteiger partial charge in [0, 0.05) is 31.8 Å². The average Bonchev–Trinajstić information content (AvgIpc) is 3.55. The molecule has 2 aromatic carbocycles. The van der Waals surface area contributed by atoms with E-state index in [1.54, 1.807) is 24.3 Å². The summed E-state index contributed by atoms with van der Waals surface area (Å²) in [6.07, 6.45) is 2.26. The first-order chi connectivity index (χ1) is 15.9. The van der Waals surface area contributed by atoms with Crippen molar-refractivity contribution in [3.05, 3.63) is 88.9 Å². The van der Waals surface area contributed by atoms with Gasteiger partial charge in [-0.2, -0.15) is 0 Å². The van der Waals surface area contributed by atoms with Gasteiger partial charge in [0.15, 0.2) is 0 Å². The maximum absolute atomic E-state index is 13.2. The van der Waals surface area contributed by atoms with Crippen LogP contribution < -0.4 is 9.64 Å². The predicted octanol–water partition coefficient (Wildman–Crippen LogP) is 3.90. The zero-order valence-corrected chi connectivity index (χ0v) is 18.4. The molecule has 1 saturated heterocycles. The topological polar surface area (TPSA) is 83.2 Å². The lowest BCUT2D eigenvalue weighted by Crippen LogP contribution is -2.29. The summed E-state index contributed by atoms with van der Waals surface area (Å²) in [7, 11) is 3.88. The second-order valence-electron chi connectivity index (χ2n) is 8.41. The molecule has 2 aliphatic heterocycles. The first kappa shape index (κ1) is 20.9. The summed E-state index contributed by atoms with van der Waals surface area (Å²) >= 11 is 0. The predicted molar refractivity (Wildman–Crippen MR) is 123 cm³/mol. The van der Waals surface area contributed by atoms with Gasteiger partial charge in [0.1, 0.15) is 17.3 Å². The summed E-state index contributed by atoms with van der Waals surface area (Å²) in [4.78, 5) is 29.7. The van der Waals surface area contributed by atoms with E-state index in [1.165, 1.54) is 11.2 Å². The van der Waals surface area contributed by atoms with E-state index in [9.17, 15) is 14.7 Å². The van der Waals surface area contributed by atoms with Crippen LogP contribution in [0.4, 0.5) is 5.69 Å². The van der Waals surface area contributed by atoms with E-state index in [2.05, 4.69) is 0 Å². The number of nitrogens with zero attached hydrogens (tertiary/aromatic N) is 2. The number of carbonyl (C=O) groups is 2. The highest BCUT2D eigenvalue weighted by atomic mass is 16.5. The summed E-state index contributed by atoms with van der Waals surface area (Å²) in [6.45, 7) is 0.706. The van der Waals surface area contributed by atoms with Crippen molar-refractivity contribution in [2.45, 2.75) is 19.0 Å². The highest BCUT2D eigenvalue weighted by Gasteiger charge is 2.46. The van der Waals surface area contributed by atoms with Crippen LogP contribution in [0.15, 0.2) is 70.9 Å². The number of hydrogen-bond donors (Lipinski definition) is 1. The number of ether oxygens (including phenoxy) is 1. The molecule has 0 spiro atoms.